The summed E-state index contributed by atoms with van der Waals surface area (Å²) in [7, 11) is 2.09. The molecule has 0 amide bonds. The number of carbonyl (C=O) groups is 1. The summed E-state index contributed by atoms with van der Waals surface area (Å²) in [6.07, 6.45) is 5.07. The van der Waals surface area contributed by atoms with Crippen LogP contribution in [-0.4, -0.2) is 29.1 Å². The summed E-state index contributed by atoms with van der Waals surface area (Å²) in [5, 5.41) is 12.1. The van der Waals surface area contributed by atoms with E-state index in [0.717, 1.165) is 5.13 Å². The Kier molecular flexibility index (Phi) is 4.37. The molecule has 0 aliphatic heterocycles. The van der Waals surface area contributed by atoms with Gasteiger partial charge in [0, 0.05) is 18.5 Å². The third-order valence-corrected chi connectivity index (χ3v) is 5.46. The second-order valence-corrected chi connectivity index (χ2v) is 7.22. The van der Waals surface area contributed by atoms with Crippen LogP contribution in [0.2, 0.25) is 0 Å². The second kappa shape index (κ2) is 5.72. The Morgan fingerprint density at radius 1 is 1.45 bits per heavy atom. The molecule has 1 aromatic rings. The molecule has 1 saturated carbocycles. The third kappa shape index (κ3) is 2.82. The minimum Gasteiger partial charge on any atom is -0.481 e. The van der Waals surface area contributed by atoms with Crippen molar-refractivity contribution in [3.05, 3.63) is 11.1 Å². The van der Waals surface area contributed by atoms with Crippen LogP contribution in [0, 0.1) is 5.92 Å². The van der Waals surface area contributed by atoms with Gasteiger partial charge in [-0.1, -0.05) is 19.8 Å². The SMILES string of the molecule is CC1CCCCC1N(C)c1nc(C(C)(C)C(=O)O)cs1. The van der Waals surface area contributed by atoms with Gasteiger partial charge in [-0.05, 0) is 32.6 Å². The van der Waals surface area contributed by atoms with Gasteiger partial charge in [0.05, 0.1) is 5.69 Å². The predicted octanol–water partition coefficient (Wildman–Crippen LogP) is 3.52. The molecule has 0 bridgehead atoms. The molecule has 5 heteroatoms. The molecule has 20 heavy (non-hydrogen) atoms. The Morgan fingerprint density at radius 3 is 2.70 bits per heavy atom. The number of aliphatic carboxylic acids is 1. The Bertz CT molecular complexity index is 484. The van der Waals surface area contributed by atoms with Gasteiger partial charge >= 0.3 is 5.97 Å². The fourth-order valence-corrected chi connectivity index (χ4v) is 3.85. The summed E-state index contributed by atoms with van der Waals surface area (Å²) in [4.78, 5) is 18.1. The van der Waals surface area contributed by atoms with Crippen molar-refractivity contribution in [2.75, 3.05) is 11.9 Å². The Labute approximate surface area is 124 Å². The van der Waals surface area contributed by atoms with Crippen LogP contribution >= 0.6 is 11.3 Å². The predicted molar refractivity (Wildman–Crippen MR) is 82.6 cm³/mol. The van der Waals surface area contributed by atoms with E-state index in [0.29, 0.717) is 17.7 Å². The molecule has 112 valence electrons. The van der Waals surface area contributed by atoms with Crippen LogP contribution in [0.5, 0.6) is 0 Å². The average molecular weight is 296 g/mol. The van der Waals surface area contributed by atoms with E-state index >= 15 is 0 Å². The maximum Gasteiger partial charge on any atom is 0.315 e. The largest absolute Gasteiger partial charge is 0.481 e. The van der Waals surface area contributed by atoms with Gasteiger partial charge in [-0.3, -0.25) is 4.79 Å². The fraction of sp³-hybridized carbons (Fsp3) is 0.733. The molecule has 1 heterocycles. The number of hydrogen-bond acceptors (Lipinski definition) is 4. The second-order valence-electron chi connectivity index (χ2n) is 6.39. The van der Waals surface area contributed by atoms with Crippen LogP contribution in [0.15, 0.2) is 5.38 Å². The Hall–Kier alpha value is -1.10. The van der Waals surface area contributed by atoms with Crippen LogP contribution in [0.25, 0.3) is 0 Å². The van der Waals surface area contributed by atoms with E-state index in [1.165, 1.54) is 25.7 Å². The maximum absolute atomic E-state index is 11.3. The summed E-state index contributed by atoms with van der Waals surface area (Å²) >= 11 is 1.55. The van der Waals surface area contributed by atoms with Gasteiger partial charge in [-0.15, -0.1) is 11.3 Å². The van der Waals surface area contributed by atoms with Crippen molar-refractivity contribution < 1.29 is 9.90 Å². The molecule has 1 aliphatic carbocycles. The first-order chi connectivity index (χ1) is 9.34. The number of carboxylic acids is 1. The van der Waals surface area contributed by atoms with Crippen LogP contribution < -0.4 is 4.90 Å². The molecule has 2 atom stereocenters. The number of anilines is 1. The van der Waals surface area contributed by atoms with Gasteiger partial charge in [-0.2, -0.15) is 0 Å². The molecule has 0 aromatic carbocycles. The van der Waals surface area contributed by atoms with Gasteiger partial charge in [0.2, 0.25) is 0 Å². The molecule has 2 unspecified atom stereocenters. The topological polar surface area (TPSA) is 53.4 Å². The molecule has 0 radical (unpaired) electrons. The molecule has 4 nitrogen and oxygen atoms in total. The van der Waals surface area contributed by atoms with Crippen molar-refractivity contribution in [1.82, 2.24) is 4.98 Å². The van der Waals surface area contributed by atoms with Gasteiger partial charge < -0.3 is 10.0 Å². The lowest BCUT2D eigenvalue weighted by atomic mass is 9.85. The summed E-state index contributed by atoms with van der Waals surface area (Å²) in [6, 6.07) is 0.524. The first kappa shape index (κ1) is 15.3. The minimum atomic E-state index is -0.923. The van der Waals surface area contributed by atoms with Gasteiger partial charge in [0.1, 0.15) is 5.41 Å². The molecule has 1 aromatic heterocycles. The van der Waals surface area contributed by atoms with E-state index < -0.39 is 11.4 Å². The van der Waals surface area contributed by atoms with E-state index in [1.807, 2.05) is 5.38 Å². The highest BCUT2D eigenvalue weighted by atomic mass is 32.1. The van der Waals surface area contributed by atoms with Crippen LogP contribution in [0.1, 0.15) is 52.1 Å². The van der Waals surface area contributed by atoms with Crippen molar-refractivity contribution in [3.63, 3.8) is 0 Å². The zero-order chi connectivity index (χ0) is 14.9. The van der Waals surface area contributed by atoms with Crippen molar-refractivity contribution in [2.45, 2.75) is 57.9 Å². The van der Waals surface area contributed by atoms with Crippen LogP contribution in [0.4, 0.5) is 5.13 Å². The van der Waals surface area contributed by atoms with E-state index in [4.69, 9.17) is 0 Å². The molecule has 0 saturated heterocycles. The first-order valence-corrected chi connectivity index (χ1v) is 8.14. The smallest absolute Gasteiger partial charge is 0.315 e. The van der Waals surface area contributed by atoms with Gasteiger partial charge in [-0.25, -0.2) is 4.98 Å². The molecule has 1 N–H and O–H groups in total. The number of aromatic nitrogens is 1. The number of thiazole rings is 1. The van der Waals surface area contributed by atoms with Crippen molar-refractivity contribution in [1.29, 1.82) is 0 Å². The number of nitrogens with zero attached hydrogens (tertiary/aromatic N) is 2. The lowest BCUT2D eigenvalue weighted by molar-refractivity contribution is -0.142. The Morgan fingerprint density at radius 2 is 2.10 bits per heavy atom. The van der Waals surface area contributed by atoms with Crippen molar-refractivity contribution in [2.24, 2.45) is 5.92 Å². The van der Waals surface area contributed by atoms with Gasteiger partial charge in [0.25, 0.3) is 0 Å². The van der Waals surface area contributed by atoms with E-state index in [9.17, 15) is 9.90 Å². The number of carboxylic acid groups (broad SMARTS) is 1. The van der Waals surface area contributed by atoms with Crippen molar-refractivity contribution in [3.8, 4) is 0 Å². The fourth-order valence-electron chi connectivity index (χ4n) is 2.84. The summed E-state index contributed by atoms with van der Waals surface area (Å²) < 4.78 is 0. The van der Waals surface area contributed by atoms with E-state index in [-0.39, 0.29) is 0 Å². The third-order valence-electron chi connectivity index (χ3n) is 4.53. The van der Waals surface area contributed by atoms with E-state index in [2.05, 4.69) is 23.9 Å². The maximum atomic E-state index is 11.3. The van der Waals surface area contributed by atoms with Gasteiger partial charge in [0.15, 0.2) is 5.13 Å². The van der Waals surface area contributed by atoms with E-state index in [1.54, 1.807) is 25.2 Å². The standard InChI is InChI=1S/C15H24N2O2S/c1-10-7-5-6-8-11(10)17(4)14-16-12(9-20-14)15(2,3)13(18)19/h9-11H,5-8H2,1-4H3,(H,18,19). The van der Waals surface area contributed by atoms with Crippen LogP contribution in [0.3, 0.4) is 0 Å². The molecule has 2 rings (SSSR count). The summed E-state index contributed by atoms with van der Waals surface area (Å²) in [5.74, 6) is -0.156. The summed E-state index contributed by atoms with van der Waals surface area (Å²) in [5.41, 5.74) is -0.270. The molecule has 0 spiro atoms. The molecule has 1 aliphatic rings. The van der Waals surface area contributed by atoms with Crippen LogP contribution in [-0.2, 0) is 10.2 Å². The zero-order valence-corrected chi connectivity index (χ0v) is 13.5. The summed E-state index contributed by atoms with van der Waals surface area (Å²) in [6.45, 7) is 5.71. The lowest BCUT2D eigenvalue weighted by Gasteiger charge is -2.36. The minimum absolute atomic E-state index is 0.524. The first-order valence-electron chi connectivity index (χ1n) is 7.26. The normalized spacial score (nSPS) is 23.6. The Balaban J connectivity index is 2.18. The molecular formula is C15H24N2O2S. The monoisotopic (exact) mass is 296 g/mol. The van der Waals surface area contributed by atoms with Crippen molar-refractivity contribution >= 4 is 22.4 Å². The average Bonchev–Trinajstić information content (AvgIpc) is 2.88. The zero-order valence-electron chi connectivity index (χ0n) is 12.7. The number of hydrogen-bond donors (Lipinski definition) is 1. The highest BCUT2D eigenvalue weighted by Crippen LogP contribution is 2.34. The molecular weight excluding hydrogens is 272 g/mol. The number of rotatable bonds is 4. The highest BCUT2D eigenvalue weighted by Gasteiger charge is 2.33. The quantitative estimate of drug-likeness (QED) is 0.923. The highest BCUT2D eigenvalue weighted by molar-refractivity contribution is 7.13. The lowest BCUT2D eigenvalue weighted by Crippen LogP contribution is -2.39. The molecule has 1 fully saturated rings.